The van der Waals surface area contributed by atoms with Crippen LogP contribution in [-0.2, 0) is 16.0 Å². The molecule has 3 rings (SSSR count). The average molecular weight is 421 g/mol. The van der Waals surface area contributed by atoms with E-state index in [1.165, 1.54) is 24.1 Å². The minimum absolute atomic E-state index is 0.142. The first-order valence-corrected chi connectivity index (χ1v) is 9.16. The van der Waals surface area contributed by atoms with Crippen LogP contribution < -0.4 is 10.2 Å². The SMILES string of the molecule is CC(=O)NN1C(=O)C2=C(Cc3cc(Cl)c(OC(F)(F)F)cc3S2)CC1(C)C. The van der Waals surface area contributed by atoms with Crippen LogP contribution in [0.3, 0.4) is 0 Å². The van der Waals surface area contributed by atoms with E-state index in [4.69, 9.17) is 11.6 Å². The predicted octanol–water partition coefficient (Wildman–Crippen LogP) is 4.20. The molecule has 0 aliphatic carbocycles. The van der Waals surface area contributed by atoms with Crippen molar-refractivity contribution in [3.8, 4) is 5.75 Å². The molecule has 0 aromatic heterocycles. The summed E-state index contributed by atoms with van der Waals surface area (Å²) in [6.07, 6.45) is -3.96. The van der Waals surface area contributed by atoms with Crippen molar-refractivity contribution >= 4 is 35.2 Å². The number of hydrogen-bond acceptors (Lipinski definition) is 4. The third-order valence-electron chi connectivity index (χ3n) is 4.20. The summed E-state index contributed by atoms with van der Waals surface area (Å²) in [5.74, 6) is -1.28. The maximum absolute atomic E-state index is 12.9. The smallest absolute Gasteiger partial charge is 0.404 e. The zero-order valence-electron chi connectivity index (χ0n) is 14.7. The number of carbonyl (C=O) groups excluding carboxylic acids is 2. The Bertz CT molecular complexity index is 868. The molecule has 0 fully saturated rings. The van der Waals surface area contributed by atoms with E-state index in [9.17, 15) is 22.8 Å². The number of ether oxygens (including phenoxy) is 1. The van der Waals surface area contributed by atoms with Gasteiger partial charge >= 0.3 is 6.36 Å². The Morgan fingerprint density at radius 2 is 2.04 bits per heavy atom. The molecule has 0 saturated heterocycles. The van der Waals surface area contributed by atoms with Crippen molar-refractivity contribution in [1.82, 2.24) is 10.4 Å². The maximum Gasteiger partial charge on any atom is 0.573 e. The summed E-state index contributed by atoms with van der Waals surface area (Å²) >= 11 is 7.00. The third kappa shape index (κ3) is 4.03. The van der Waals surface area contributed by atoms with Crippen molar-refractivity contribution in [3.63, 3.8) is 0 Å². The normalized spacial score (nSPS) is 18.8. The van der Waals surface area contributed by atoms with Gasteiger partial charge in [-0.25, -0.2) is 5.01 Å². The Labute approximate surface area is 162 Å². The number of hydrogen-bond donors (Lipinski definition) is 1. The van der Waals surface area contributed by atoms with Crippen LogP contribution >= 0.6 is 23.4 Å². The molecule has 2 aliphatic heterocycles. The summed E-state index contributed by atoms with van der Waals surface area (Å²) in [4.78, 5) is 25.2. The van der Waals surface area contributed by atoms with E-state index in [0.29, 0.717) is 22.6 Å². The highest BCUT2D eigenvalue weighted by Crippen LogP contribution is 2.48. The lowest BCUT2D eigenvalue weighted by Crippen LogP contribution is -2.59. The van der Waals surface area contributed by atoms with Gasteiger partial charge in [-0.2, -0.15) is 0 Å². The van der Waals surface area contributed by atoms with Crippen LogP contribution in [0.1, 0.15) is 32.8 Å². The Balaban J connectivity index is 1.96. The highest BCUT2D eigenvalue weighted by molar-refractivity contribution is 8.04. The number of benzene rings is 1. The summed E-state index contributed by atoms with van der Waals surface area (Å²) < 4.78 is 41.6. The molecule has 1 aromatic carbocycles. The van der Waals surface area contributed by atoms with Crippen LogP contribution in [0, 0.1) is 0 Å². The van der Waals surface area contributed by atoms with Crippen molar-refractivity contribution in [1.29, 1.82) is 0 Å². The summed E-state index contributed by atoms with van der Waals surface area (Å²) in [6, 6.07) is 2.63. The van der Waals surface area contributed by atoms with Crippen molar-refractivity contribution in [2.75, 3.05) is 0 Å². The van der Waals surface area contributed by atoms with Gasteiger partial charge in [0.1, 0.15) is 5.75 Å². The highest BCUT2D eigenvalue weighted by atomic mass is 35.5. The zero-order chi connectivity index (χ0) is 20.1. The first-order chi connectivity index (χ1) is 12.4. The third-order valence-corrected chi connectivity index (χ3v) is 5.76. The fourth-order valence-corrected chi connectivity index (χ4v) is 4.52. The van der Waals surface area contributed by atoms with Crippen molar-refractivity contribution in [3.05, 3.63) is 33.2 Å². The molecule has 27 heavy (non-hydrogen) atoms. The van der Waals surface area contributed by atoms with Gasteiger partial charge in [0.25, 0.3) is 5.91 Å². The van der Waals surface area contributed by atoms with Gasteiger partial charge in [0, 0.05) is 11.8 Å². The Morgan fingerprint density at radius 1 is 1.37 bits per heavy atom. The average Bonchev–Trinajstić information content (AvgIpc) is 2.49. The molecular weight excluding hydrogens is 405 g/mol. The van der Waals surface area contributed by atoms with Crippen molar-refractivity contribution in [2.24, 2.45) is 0 Å². The summed E-state index contributed by atoms with van der Waals surface area (Å²) in [6.45, 7) is 4.97. The predicted molar refractivity (Wildman–Crippen MR) is 94.1 cm³/mol. The van der Waals surface area contributed by atoms with E-state index < -0.39 is 17.7 Å². The van der Waals surface area contributed by atoms with Gasteiger partial charge in [-0.05, 0) is 50.0 Å². The van der Waals surface area contributed by atoms with E-state index in [-0.39, 0.29) is 16.8 Å². The molecule has 10 heteroatoms. The lowest BCUT2D eigenvalue weighted by Gasteiger charge is -2.44. The molecule has 0 radical (unpaired) electrons. The number of nitrogens with one attached hydrogen (secondary N) is 1. The molecule has 1 aromatic rings. The number of rotatable bonds is 2. The van der Waals surface area contributed by atoms with Crippen LogP contribution in [0.4, 0.5) is 13.2 Å². The first kappa shape index (κ1) is 19.9. The number of alkyl halides is 3. The minimum Gasteiger partial charge on any atom is -0.404 e. The largest absolute Gasteiger partial charge is 0.573 e. The van der Waals surface area contributed by atoms with Gasteiger partial charge in [0.05, 0.1) is 15.5 Å². The van der Waals surface area contributed by atoms with Gasteiger partial charge in [-0.3, -0.25) is 15.0 Å². The molecule has 0 saturated carbocycles. The second kappa shape index (κ2) is 6.63. The highest BCUT2D eigenvalue weighted by Gasteiger charge is 2.42. The van der Waals surface area contributed by atoms with Crippen LogP contribution in [0.2, 0.25) is 5.02 Å². The molecule has 146 valence electrons. The molecule has 0 unspecified atom stereocenters. The van der Waals surface area contributed by atoms with Crippen LogP contribution in [0.5, 0.6) is 5.75 Å². The lowest BCUT2D eigenvalue weighted by atomic mass is 9.86. The number of hydrazine groups is 1. The topological polar surface area (TPSA) is 58.6 Å². The number of carbonyl (C=O) groups is 2. The molecule has 2 amide bonds. The fourth-order valence-electron chi connectivity index (χ4n) is 3.18. The van der Waals surface area contributed by atoms with Gasteiger partial charge in [0.15, 0.2) is 0 Å². The Kier molecular flexibility index (Phi) is 4.88. The number of amides is 2. The maximum atomic E-state index is 12.9. The molecule has 2 heterocycles. The first-order valence-electron chi connectivity index (χ1n) is 7.97. The summed E-state index contributed by atoms with van der Waals surface area (Å²) in [7, 11) is 0. The van der Waals surface area contributed by atoms with Gasteiger partial charge < -0.3 is 4.74 Å². The number of fused-ring (bicyclic) bond motifs is 1. The standard InChI is InChI=1S/C17H16ClF3N2O3S/c1-8(24)22-23-15(25)14-10(7-16(23,2)3)4-9-5-11(18)12(6-13(9)27-14)26-17(19,20)21/h5-6H,4,7H2,1-3H3,(H,22,24). The van der Waals surface area contributed by atoms with E-state index in [2.05, 4.69) is 10.2 Å². The molecule has 2 aliphatic rings. The van der Waals surface area contributed by atoms with Crippen LogP contribution in [-0.4, -0.2) is 28.7 Å². The summed E-state index contributed by atoms with van der Waals surface area (Å²) in [5, 5.41) is 1.13. The minimum atomic E-state index is -4.87. The van der Waals surface area contributed by atoms with Crippen LogP contribution in [0.25, 0.3) is 0 Å². The number of halogens is 4. The second-order valence-electron chi connectivity index (χ2n) is 6.95. The van der Waals surface area contributed by atoms with Crippen LogP contribution in [0.15, 0.2) is 27.5 Å². The zero-order valence-corrected chi connectivity index (χ0v) is 16.2. The van der Waals surface area contributed by atoms with E-state index in [0.717, 1.165) is 22.9 Å². The number of nitrogens with zero attached hydrogens (tertiary/aromatic N) is 1. The van der Waals surface area contributed by atoms with E-state index >= 15 is 0 Å². The van der Waals surface area contributed by atoms with Crippen molar-refractivity contribution in [2.45, 2.75) is 50.4 Å². The van der Waals surface area contributed by atoms with Gasteiger partial charge in [0.2, 0.25) is 5.91 Å². The molecule has 5 nitrogen and oxygen atoms in total. The second-order valence-corrected chi connectivity index (χ2v) is 8.41. The molecular formula is C17H16ClF3N2O3S. The van der Waals surface area contributed by atoms with Gasteiger partial charge in [-0.15, -0.1) is 13.2 Å². The monoisotopic (exact) mass is 420 g/mol. The Morgan fingerprint density at radius 3 is 2.63 bits per heavy atom. The molecule has 1 N–H and O–H groups in total. The van der Waals surface area contributed by atoms with Gasteiger partial charge in [-0.1, -0.05) is 23.4 Å². The molecule has 0 spiro atoms. The summed E-state index contributed by atoms with van der Waals surface area (Å²) in [5.41, 5.74) is 3.49. The number of thioether (sulfide) groups is 1. The molecule has 0 bridgehead atoms. The Hall–Kier alpha value is -1.87. The lowest BCUT2D eigenvalue weighted by molar-refractivity contribution is -0.274. The van der Waals surface area contributed by atoms with Crippen molar-refractivity contribution < 1.29 is 27.5 Å². The van der Waals surface area contributed by atoms with E-state index in [1.54, 1.807) is 0 Å². The fraction of sp³-hybridized carbons (Fsp3) is 0.412. The quantitative estimate of drug-likeness (QED) is 0.779. The molecule has 0 atom stereocenters. The van der Waals surface area contributed by atoms with E-state index in [1.807, 2.05) is 13.8 Å².